The van der Waals surface area contributed by atoms with Gasteiger partial charge in [-0.2, -0.15) is 0 Å². The van der Waals surface area contributed by atoms with E-state index in [0.717, 1.165) is 11.8 Å². The Morgan fingerprint density at radius 3 is 3.00 bits per heavy atom. The maximum atomic E-state index is 5.69. The molecule has 1 heterocycles. The summed E-state index contributed by atoms with van der Waals surface area (Å²) in [4.78, 5) is 4.37. The van der Waals surface area contributed by atoms with Crippen LogP contribution in [0.3, 0.4) is 0 Å². The Balaban J connectivity index is 0.000000853. The van der Waals surface area contributed by atoms with E-state index in [9.17, 15) is 0 Å². The van der Waals surface area contributed by atoms with Gasteiger partial charge in [0.25, 0.3) is 0 Å². The summed E-state index contributed by atoms with van der Waals surface area (Å²) in [6, 6.07) is 0. The first-order valence-corrected chi connectivity index (χ1v) is 5.41. The van der Waals surface area contributed by atoms with Crippen LogP contribution in [0.1, 0.15) is 13.3 Å². The third-order valence-corrected chi connectivity index (χ3v) is 3.43. The number of nitrogens with two attached hydrogens (primary N) is 1. The predicted molar refractivity (Wildman–Crippen MR) is 75.5 cm³/mol. The molecule has 0 amide bonds. The van der Waals surface area contributed by atoms with Crippen LogP contribution in [0, 0.1) is 0 Å². The van der Waals surface area contributed by atoms with Gasteiger partial charge in [0, 0.05) is 0 Å². The molecule has 1 aromatic rings. The Bertz CT molecular complexity index is 593. The molecule has 0 bridgehead atoms. The number of hydrogen-bond donors (Lipinski definition) is 1. The summed E-state index contributed by atoms with van der Waals surface area (Å²) in [7, 11) is 0. The van der Waals surface area contributed by atoms with E-state index < -0.39 is 0 Å². The average Bonchev–Trinajstić information content (AvgIpc) is 2.62. The van der Waals surface area contributed by atoms with Crippen LogP contribution in [0.4, 0.5) is 5.13 Å². The smallest absolute Gasteiger partial charge is 0.181 e. The lowest BCUT2D eigenvalue weighted by Crippen LogP contribution is -2.19. The fourth-order valence-electron chi connectivity index (χ4n) is 1.93. The summed E-state index contributed by atoms with van der Waals surface area (Å²) < 4.78 is 1.21. The Kier molecular flexibility index (Phi) is 2.72. The third-order valence-electron chi connectivity index (χ3n) is 2.59. The van der Waals surface area contributed by atoms with Crippen LogP contribution in [0.5, 0.6) is 0 Å². The van der Waals surface area contributed by atoms with Crippen LogP contribution in [0.15, 0.2) is 23.3 Å². The number of nitrogens with zero attached hydrogens (tertiary/aromatic N) is 1. The highest BCUT2D eigenvalue weighted by Crippen LogP contribution is 2.27. The molecule has 0 aliphatic heterocycles. The van der Waals surface area contributed by atoms with Crippen LogP contribution in [0.25, 0.3) is 11.6 Å². The van der Waals surface area contributed by atoms with Crippen LogP contribution < -0.4 is 15.6 Å². The second-order valence-electron chi connectivity index (χ2n) is 3.70. The molecule has 4 heteroatoms. The van der Waals surface area contributed by atoms with Gasteiger partial charge in [-0.1, -0.05) is 29.1 Å². The summed E-state index contributed by atoms with van der Waals surface area (Å²) in [5, 5.41) is 1.77. The van der Waals surface area contributed by atoms with E-state index in [4.69, 9.17) is 5.73 Å². The summed E-state index contributed by atoms with van der Waals surface area (Å²) in [5.41, 5.74) is 9.72. The van der Waals surface area contributed by atoms with Crippen LogP contribution in [0.2, 0.25) is 0 Å². The van der Waals surface area contributed by atoms with Crippen molar-refractivity contribution < 1.29 is 0 Å². The number of halogens is 1. The first kappa shape index (κ1) is 10.9. The van der Waals surface area contributed by atoms with Crippen molar-refractivity contribution >= 4 is 52.1 Å². The first-order valence-electron chi connectivity index (χ1n) is 4.59. The topological polar surface area (TPSA) is 38.9 Å². The minimum absolute atomic E-state index is 0. The number of hydrogen-bond acceptors (Lipinski definition) is 3. The van der Waals surface area contributed by atoms with Crippen molar-refractivity contribution in [2.45, 2.75) is 13.3 Å². The molecule has 3 rings (SSSR count). The molecule has 0 atom stereocenters. The predicted octanol–water partition coefficient (Wildman–Crippen LogP) is 1.56. The van der Waals surface area contributed by atoms with Crippen LogP contribution in [-0.2, 0) is 0 Å². The van der Waals surface area contributed by atoms with Gasteiger partial charge in [0.15, 0.2) is 5.13 Å². The van der Waals surface area contributed by atoms with Crippen molar-refractivity contribution in [3.63, 3.8) is 0 Å². The Morgan fingerprint density at radius 2 is 2.20 bits per heavy atom. The fourth-order valence-corrected chi connectivity index (χ4v) is 2.75. The van der Waals surface area contributed by atoms with Crippen LogP contribution >= 0.6 is 35.3 Å². The van der Waals surface area contributed by atoms with Gasteiger partial charge in [-0.05, 0) is 30.6 Å². The highest BCUT2D eigenvalue weighted by molar-refractivity contribution is 14.0. The molecule has 0 radical (unpaired) electrons. The van der Waals surface area contributed by atoms with Gasteiger partial charge in [-0.15, -0.1) is 24.0 Å². The summed E-state index contributed by atoms with van der Waals surface area (Å²) in [5.74, 6) is 0. The molecule has 0 unspecified atom stereocenters. The van der Waals surface area contributed by atoms with E-state index in [0.29, 0.717) is 5.13 Å². The number of nitrogen functional groups attached to an aromatic ring is 1. The van der Waals surface area contributed by atoms with E-state index in [2.05, 4.69) is 30.1 Å². The largest absolute Gasteiger partial charge is 0.375 e. The van der Waals surface area contributed by atoms with E-state index in [1.54, 1.807) is 11.3 Å². The maximum absolute atomic E-state index is 5.69. The van der Waals surface area contributed by atoms with Crippen molar-refractivity contribution in [2.24, 2.45) is 0 Å². The zero-order valence-electron chi connectivity index (χ0n) is 8.28. The number of aromatic nitrogens is 1. The van der Waals surface area contributed by atoms with Gasteiger partial charge < -0.3 is 5.73 Å². The Morgan fingerprint density at radius 1 is 1.40 bits per heavy atom. The Hall–Kier alpha value is -0.620. The molecule has 2 aliphatic rings. The van der Waals surface area contributed by atoms with Gasteiger partial charge in [0.1, 0.15) is 0 Å². The summed E-state index contributed by atoms with van der Waals surface area (Å²) >= 11 is 1.57. The molecule has 0 saturated heterocycles. The molecular formula is C11H11IN2S. The van der Waals surface area contributed by atoms with Crippen molar-refractivity contribution in [3.05, 3.63) is 33.2 Å². The zero-order valence-corrected chi connectivity index (χ0v) is 11.4. The van der Waals surface area contributed by atoms with E-state index in [-0.39, 0.29) is 24.0 Å². The molecular weight excluding hydrogens is 319 g/mol. The SMILES string of the molecule is CC1=CC=C2C=c3sc(N)nc3=C2C1.I. The minimum atomic E-state index is 0. The standard InChI is InChI=1S/C11H10N2S.HI/c1-6-2-3-7-5-9-10(8(7)4-6)13-11(12)14-9;/h2-3,5H,4H2,1H3,(H2,12,13);1H. The zero-order chi connectivity index (χ0) is 9.71. The fraction of sp³-hybridized carbons (Fsp3) is 0.182. The van der Waals surface area contributed by atoms with Gasteiger partial charge in [0.2, 0.25) is 0 Å². The molecule has 2 N–H and O–H groups in total. The number of thiazole rings is 1. The third kappa shape index (κ3) is 1.65. The van der Waals surface area contributed by atoms with Crippen molar-refractivity contribution in [3.8, 4) is 0 Å². The maximum Gasteiger partial charge on any atom is 0.181 e. The van der Waals surface area contributed by atoms with E-state index in [1.807, 2.05) is 0 Å². The summed E-state index contributed by atoms with van der Waals surface area (Å²) in [6.45, 7) is 2.15. The Labute approximate surface area is 109 Å². The van der Waals surface area contributed by atoms with E-state index >= 15 is 0 Å². The molecule has 1 aromatic heterocycles. The van der Waals surface area contributed by atoms with Gasteiger partial charge in [-0.3, -0.25) is 0 Å². The highest BCUT2D eigenvalue weighted by Gasteiger charge is 2.16. The second kappa shape index (κ2) is 3.75. The van der Waals surface area contributed by atoms with Crippen molar-refractivity contribution in [2.75, 3.05) is 5.73 Å². The highest BCUT2D eigenvalue weighted by atomic mass is 127. The monoisotopic (exact) mass is 330 g/mol. The molecule has 0 saturated carbocycles. The molecule has 0 aromatic carbocycles. The quantitative estimate of drug-likeness (QED) is 0.734. The van der Waals surface area contributed by atoms with E-state index in [1.165, 1.54) is 21.3 Å². The van der Waals surface area contributed by atoms with Crippen molar-refractivity contribution in [1.82, 2.24) is 4.98 Å². The number of rotatable bonds is 0. The molecule has 2 nitrogen and oxygen atoms in total. The average molecular weight is 330 g/mol. The number of allylic oxidation sites excluding steroid dienone is 4. The summed E-state index contributed by atoms with van der Waals surface area (Å²) in [6.07, 6.45) is 7.54. The molecule has 0 spiro atoms. The van der Waals surface area contributed by atoms with Gasteiger partial charge in [-0.25, -0.2) is 4.98 Å². The lowest BCUT2D eigenvalue weighted by atomic mass is 9.96. The van der Waals surface area contributed by atoms with Gasteiger partial charge >= 0.3 is 0 Å². The number of fused-ring (bicyclic) bond motifs is 2. The lowest BCUT2D eigenvalue weighted by Gasteiger charge is -2.09. The lowest BCUT2D eigenvalue weighted by molar-refractivity contribution is 1.18. The molecule has 15 heavy (non-hydrogen) atoms. The molecule has 0 fully saturated rings. The molecule has 78 valence electrons. The minimum Gasteiger partial charge on any atom is -0.375 e. The second-order valence-corrected chi connectivity index (χ2v) is 4.76. The van der Waals surface area contributed by atoms with Crippen LogP contribution in [-0.4, -0.2) is 4.98 Å². The molecule has 2 aliphatic carbocycles. The van der Waals surface area contributed by atoms with Gasteiger partial charge in [0.05, 0.1) is 9.88 Å². The van der Waals surface area contributed by atoms with Crippen molar-refractivity contribution in [1.29, 1.82) is 0 Å². The first-order chi connectivity index (χ1) is 6.74. The normalized spacial score (nSPS) is 17.0. The number of anilines is 1.